The van der Waals surface area contributed by atoms with Gasteiger partial charge in [0.15, 0.2) is 0 Å². The summed E-state index contributed by atoms with van der Waals surface area (Å²) < 4.78 is 5.27. The summed E-state index contributed by atoms with van der Waals surface area (Å²) in [7, 11) is 8.48. The fraction of sp³-hybridized carbons (Fsp3) is 0.208. The van der Waals surface area contributed by atoms with E-state index in [9.17, 15) is 0 Å². The Morgan fingerprint density at radius 3 is 2.33 bits per heavy atom. The second-order valence-corrected chi connectivity index (χ2v) is 10.5. The van der Waals surface area contributed by atoms with E-state index in [0.717, 1.165) is 0 Å². The summed E-state index contributed by atoms with van der Waals surface area (Å²) in [6.07, 6.45) is 0. The zero-order valence-corrected chi connectivity index (χ0v) is 18.9. The minimum atomic E-state index is -0.429. The predicted octanol–water partition coefficient (Wildman–Crippen LogP) is 4.07. The first-order chi connectivity index (χ1) is 13.0. The molecule has 0 amide bonds. The van der Waals surface area contributed by atoms with E-state index in [1.165, 1.54) is 45.7 Å². The third-order valence-corrected chi connectivity index (χ3v) is 8.32. The van der Waals surface area contributed by atoms with Gasteiger partial charge < -0.3 is 0 Å². The van der Waals surface area contributed by atoms with Crippen LogP contribution in [0.2, 0.25) is 0 Å². The van der Waals surface area contributed by atoms with Crippen LogP contribution >= 0.6 is 0 Å². The van der Waals surface area contributed by atoms with Gasteiger partial charge in [-0.2, -0.15) is 0 Å². The van der Waals surface area contributed by atoms with Gasteiger partial charge in [-0.05, 0) is 0 Å². The van der Waals surface area contributed by atoms with Gasteiger partial charge in [-0.3, -0.25) is 0 Å². The molecule has 4 rings (SSSR count). The summed E-state index contributed by atoms with van der Waals surface area (Å²) >= 11 is -0.429. The summed E-state index contributed by atoms with van der Waals surface area (Å²) in [6, 6.07) is 22.7. The van der Waals surface area contributed by atoms with E-state index in [2.05, 4.69) is 105 Å². The van der Waals surface area contributed by atoms with E-state index in [4.69, 9.17) is 0 Å². The molecule has 1 aliphatic carbocycles. The average Bonchev–Trinajstić information content (AvgIpc) is 2.65. The van der Waals surface area contributed by atoms with Crippen molar-refractivity contribution in [2.75, 3.05) is 33.1 Å². The van der Waals surface area contributed by atoms with Gasteiger partial charge in [0.2, 0.25) is 0 Å². The van der Waals surface area contributed by atoms with Crippen LogP contribution in [0.5, 0.6) is 0 Å². The van der Waals surface area contributed by atoms with Gasteiger partial charge in [-0.1, -0.05) is 0 Å². The summed E-state index contributed by atoms with van der Waals surface area (Å²) in [5.41, 5.74) is 6.78. The molecule has 27 heavy (non-hydrogen) atoms. The first-order valence-corrected chi connectivity index (χ1v) is 11.5. The SMILES string of the molecule is Cc1ccccc1-c1c2ccc(=[N+](C)C)cc-2[te]c2cc(N(C)C)ccc12. The van der Waals surface area contributed by atoms with Crippen LogP contribution in [0.15, 0.2) is 60.7 Å². The average molecular weight is 469 g/mol. The number of anilines is 1. The third-order valence-electron chi connectivity index (χ3n) is 5.14. The molecule has 0 unspecified atom stereocenters. The quantitative estimate of drug-likeness (QED) is 0.244. The van der Waals surface area contributed by atoms with Crippen molar-refractivity contribution < 1.29 is 0 Å². The molecule has 0 N–H and O–H groups in total. The number of rotatable bonds is 2. The Kier molecular flexibility index (Phi) is 4.84. The van der Waals surface area contributed by atoms with Gasteiger partial charge in [0.05, 0.1) is 0 Å². The molecule has 0 bridgehead atoms. The molecule has 136 valence electrons. The molecule has 2 nitrogen and oxygen atoms in total. The maximum atomic E-state index is 2.40. The van der Waals surface area contributed by atoms with Gasteiger partial charge >= 0.3 is 171 Å². The van der Waals surface area contributed by atoms with Crippen molar-refractivity contribution in [3.05, 3.63) is 71.6 Å². The Bertz CT molecular complexity index is 1180. The Labute approximate surface area is 171 Å². The molecule has 0 saturated heterocycles. The second kappa shape index (κ2) is 7.15. The van der Waals surface area contributed by atoms with Crippen molar-refractivity contribution in [3.63, 3.8) is 0 Å². The molecule has 0 spiro atoms. The molecular weight excluding hydrogens is 444 g/mol. The molecule has 0 fully saturated rings. The fourth-order valence-electron chi connectivity index (χ4n) is 3.57. The van der Waals surface area contributed by atoms with Crippen LogP contribution in [-0.2, 0) is 0 Å². The van der Waals surface area contributed by atoms with Crippen LogP contribution in [0.25, 0.3) is 29.1 Å². The normalized spacial score (nSPS) is 11.1. The number of aryl methyl sites for hydroxylation is 1. The second-order valence-electron chi connectivity index (χ2n) is 7.44. The zero-order chi connectivity index (χ0) is 19.1. The van der Waals surface area contributed by atoms with E-state index in [1.807, 2.05) is 0 Å². The number of benzene rings is 3. The molecule has 0 aromatic heterocycles. The van der Waals surface area contributed by atoms with E-state index in [1.54, 1.807) is 0 Å². The van der Waals surface area contributed by atoms with Crippen LogP contribution in [0, 0.1) is 6.92 Å². The van der Waals surface area contributed by atoms with Crippen LogP contribution in [0.4, 0.5) is 5.69 Å². The summed E-state index contributed by atoms with van der Waals surface area (Å²) in [5.74, 6) is 0. The van der Waals surface area contributed by atoms with Crippen molar-refractivity contribution in [2.45, 2.75) is 6.92 Å². The van der Waals surface area contributed by atoms with Crippen molar-refractivity contribution in [1.82, 2.24) is 4.58 Å². The van der Waals surface area contributed by atoms with E-state index in [0.29, 0.717) is 0 Å². The molecule has 2 aliphatic rings. The predicted molar refractivity (Wildman–Crippen MR) is 119 cm³/mol. The maximum absolute atomic E-state index is 2.40. The molecule has 0 saturated carbocycles. The molecule has 1 aliphatic heterocycles. The Balaban J connectivity index is 2.18. The van der Waals surface area contributed by atoms with Gasteiger partial charge in [0, 0.05) is 0 Å². The van der Waals surface area contributed by atoms with Crippen molar-refractivity contribution in [2.24, 2.45) is 0 Å². The summed E-state index contributed by atoms with van der Waals surface area (Å²) in [5, 5.41) is 2.71. The molecule has 0 atom stereocenters. The van der Waals surface area contributed by atoms with Crippen LogP contribution in [0.1, 0.15) is 5.56 Å². The summed E-state index contributed by atoms with van der Waals surface area (Å²) in [6.45, 7) is 2.22. The number of hydrogen-bond acceptors (Lipinski definition) is 1. The first-order valence-electron chi connectivity index (χ1n) is 9.20. The monoisotopic (exact) mass is 471 g/mol. The molecule has 0 radical (unpaired) electrons. The number of nitrogens with zero attached hydrogens (tertiary/aromatic N) is 2. The van der Waals surface area contributed by atoms with Crippen LogP contribution in [-0.4, -0.2) is 48.6 Å². The number of hydrogen-bond donors (Lipinski definition) is 0. The van der Waals surface area contributed by atoms with E-state index >= 15 is 0 Å². The Morgan fingerprint density at radius 2 is 1.63 bits per heavy atom. The van der Waals surface area contributed by atoms with Crippen molar-refractivity contribution >= 4 is 34.9 Å². The fourth-order valence-corrected chi connectivity index (χ4v) is 6.87. The van der Waals surface area contributed by atoms with Gasteiger partial charge in [-0.25, -0.2) is 0 Å². The standard InChI is InChI=1S/C24H25N2Te/c1-16-8-6-7-9-19(16)24-20-12-10-17(25(2)3)14-22(20)27-23-15-18(26(4)5)11-13-21(23)24/h6-15H,1-5H3/q+1. The molecule has 3 heteroatoms. The van der Waals surface area contributed by atoms with E-state index < -0.39 is 20.4 Å². The van der Waals surface area contributed by atoms with Gasteiger partial charge in [0.1, 0.15) is 0 Å². The minimum absolute atomic E-state index is 0.429. The topological polar surface area (TPSA) is 6.25 Å². The first kappa shape index (κ1) is 18.3. The zero-order valence-electron chi connectivity index (χ0n) is 16.6. The van der Waals surface area contributed by atoms with Gasteiger partial charge in [-0.15, -0.1) is 0 Å². The van der Waals surface area contributed by atoms with E-state index in [-0.39, 0.29) is 0 Å². The Hall–Kier alpha value is -2.08. The third kappa shape index (κ3) is 3.31. The molecule has 2 aromatic carbocycles. The molecular formula is C24H25N2Te+. The Morgan fingerprint density at radius 1 is 0.852 bits per heavy atom. The molecule has 1 heterocycles. The number of fused-ring (bicyclic) bond motifs is 2. The summed E-state index contributed by atoms with van der Waals surface area (Å²) in [4.78, 5) is 2.20. The molecule has 2 aromatic rings. The van der Waals surface area contributed by atoms with Crippen molar-refractivity contribution in [1.29, 1.82) is 0 Å². The van der Waals surface area contributed by atoms with Gasteiger partial charge in [0.25, 0.3) is 0 Å². The van der Waals surface area contributed by atoms with Crippen LogP contribution in [0.3, 0.4) is 0 Å². The van der Waals surface area contributed by atoms with Crippen LogP contribution < -0.4 is 14.8 Å². The van der Waals surface area contributed by atoms with Crippen molar-refractivity contribution in [3.8, 4) is 20.3 Å².